The highest BCUT2D eigenvalue weighted by atomic mass is 79.9. The Labute approximate surface area is 153 Å². The fourth-order valence-corrected chi connectivity index (χ4v) is 4.01. The molecule has 3 rings (SSSR count). The summed E-state index contributed by atoms with van der Waals surface area (Å²) in [5.41, 5.74) is 1.87. The molecular formula is C20H23BrO2Si. The predicted octanol–water partition coefficient (Wildman–Crippen LogP) is 7.25. The SMILES string of the molecule is CC(C)(C)[Si](C)(C)Oc1ccccc1-c1oc2ccccc2c1Br. The van der Waals surface area contributed by atoms with E-state index < -0.39 is 8.32 Å². The molecule has 0 amide bonds. The molecule has 0 aliphatic carbocycles. The number of benzene rings is 2. The summed E-state index contributed by atoms with van der Waals surface area (Å²) in [5, 5.41) is 1.22. The van der Waals surface area contributed by atoms with Crippen LogP contribution in [0, 0.1) is 0 Å². The Morgan fingerprint density at radius 3 is 2.25 bits per heavy atom. The van der Waals surface area contributed by atoms with Crippen molar-refractivity contribution in [3.63, 3.8) is 0 Å². The van der Waals surface area contributed by atoms with Crippen molar-refractivity contribution in [2.75, 3.05) is 0 Å². The Morgan fingerprint density at radius 1 is 0.958 bits per heavy atom. The smallest absolute Gasteiger partial charge is 0.250 e. The molecule has 0 spiro atoms. The summed E-state index contributed by atoms with van der Waals surface area (Å²) < 4.78 is 13.7. The molecule has 0 bridgehead atoms. The summed E-state index contributed by atoms with van der Waals surface area (Å²) in [7, 11) is -1.92. The van der Waals surface area contributed by atoms with Crippen molar-refractivity contribution >= 4 is 35.2 Å². The van der Waals surface area contributed by atoms with Crippen LogP contribution in [-0.2, 0) is 0 Å². The van der Waals surface area contributed by atoms with Gasteiger partial charge in [-0.2, -0.15) is 0 Å². The Bertz CT molecular complexity index is 875. The molecule has 0 aliphatic rings. The summed E-state index contributed by atoms with van der Waals surface area (Å²) >= 11 is 3.70. The normalized spacial score (nSPS) is 12.6. The fraction of sp³-hybridized carbons (Fsp3) is 0.300. The van der Waals surface area contributed by atoms with Crippen LogP contribution in [0.2, 0.25) is 18.1 Å². The van der Waals surface area contributed by atoms with E-state index in [9.17, 15) is 0 Å². The molecule has 24 heavy (non-hydrogen) atoms. The third kappa shape index (κ3) is 3.05. The van der Waals surface area contributed by atoms with Gasteiger partial charge in [-0.15, -0.1) is 0 Å². The van der Waals surface area contributed by atoms with Gasteiger partial charge in [0.1, 0.15) is 11.3 Å². The first-order valence-corrected chi connectivity index (χ1v) is 11.9. The Kier molecular flexibility index (Phi) is 4.39. The second kappa shape index (κ2) is 6.08. The minimum atomic E-state index is -1.92. The van der Waals surface area contributed by atoms with Crippen LogP contribution in [0.1, 0.15) is 20.8 Å². The number of fused-ring (bicyclic) bond motifs is 1. The van der Waals surface area contributed by atoms with E-state index in [1.54, 1.807) is 0 Å². The van der Waals surface area contributed by atoms with E-state index in [1.807, 2.05) is 36.4 Å². The minimum absolute atomic E-state index is 0.144. The highest BCUT2D eigenvalue weighted by Gasteiger charge is 2.39. The lowest BCUT2D eigenvalue weighted by Crippen LogP contribution is -2.43. The van der Waals surface area contributed by atoms with E-state index >= 15 is 0 Å². The maximum absolute atomic E-state index is 6.56. The van der Waals surface area contributed by atoms with E-state index in [-0.39, 0.29) is 5.04 Å². The van der Waals surface area contributed by atoms with Crippen LogP contribution in [0.5, 0.6) is 5.75 Å². The van der Waals surface area contributed by atoms with E-state index in [0.29, 0.717) is 0 Å². The van der Waals surface area contributed by atoms with Crippen molar-refractivity contribution in [3.05, 3.63) is 53.0 Å². The predicted molar refractivity (Wildman–Crippen MR) is 107 cm³/mol. The Hall–Kier alpha value is -1.52. The monoisotopic (exact) mass is 402 g/mol. The van der Waals surface area contributed by atoms with Crippen LogP contribution in [0.3, 0.4) is 0 Å². The van der Waals surface area contributed by atoms with Crippen LogP contribution in [0.15, 0.2) is 57.4 Å². The molecule has 0 saturated heterocycles. The molecule has 0 N–H and O–H groups in total. The summed E-state index contributed by atoms with van der Waals surface area (Å²) in [6.07, 6.45) is 0. The highest BCUT2D eigenvalue weighted by Crippen LogP contribution is 2.44. The Balaban J connectivity index is 2.11. The van der Waals surface area contributed by atoms with E-state index in [2.05, 4.69) is 61.9 Å². The summed E-state index contributed by atoms with van der Waals surface area (Å²) in [5.74, 6) is 1.72. The second-order valence-corrected chi connectivity index (χ2v) is 13.1. The molecule has 0 atom stereocenters. The van der Waals surface area contributed by atoms with Gasteiger partial charge in [-0.3, -0.25) is 0 Å². The van der Waals surface area contributed by atoms with Crippen molar-refractivity contribution in [3.8, 4) is 17.1 Å². The third-order valence-corrected chi connectivity index (χ3v) is 9.97. The van der Waals surface area contributed by atoms with Gasteiger partial charge < -0.3 is 8.84 Å². The second-order valence-electron chi connectivity index (χ2n) is 7.60. The van der Waals surface area contributed by atoms with Crippen molar-refractivity contribution in [2.45, 2.75) is 38.9 Å². The molecular weight excluding hydrogens is 380 g/mol. The molecule has 1 heterocycles. The molecule has 0 saturated carbocycles. The molecule has 126 valence electrons. The quantitative estimate of drug-likeness (QED) is 0.430. The lowest BCUT2D eigenvalue weighted by atomic mass is 10.1. The molecule has 0 unspecified atom stereocenters. The van der Waals surface area contributed by atoms with Crippen molar-refractivity contribution < 1.29 is 8.84 Å². The largest absolute Gasteiger partial charge is 0.543 e. The molecule has 2 nitrogen and oxygen atoms in total. The van der Waals surface area contributed by atoms with Gasteiger partial charge in [0, 0.05) is 5.39 Å². The molecule has 0 radical (unpaired) electrons. The van der Waals surface area contributed by atoms with Gasteiger partial charge in [0.15, 0.2) is 5.76 Å². The van der Waals surface area contributed by atoms with Gasteiger partial charge in [-0.05, 0) is 58.3 Å². The number of halogens is 1. The molecule has 3 aromatic rings. The average molecular weight is 403 g/mol. The van der Waals surface area contributed by atoms with E-state index in [4.69, 9.17) is 8.84 Å². The minimum Gasteiger partial charge on any atom is -0.543 e. The van der Waals surface area contributed by atoms with Crippen LogP contribution >= 0.6 is 15.9 Å². The molecule has 0 aliphatic heterocycles. The average Bonchev–Trinajstić information content (AvgIpc) is 2.84. The molecule has 0 fully saturated rings. The summed E-state index contributed by atoms with van der Waals surface area (Å²) in [6.45, 7) is 11.3. The molecule has 1 aromatic heterocycles. The first-order valence-electron chi connectivity index (χ1n) is 8.16. The number of furan rings is 1. The van der Waals surface area contributed by atoms with Gasteiger partial charge in [0.25, 0.3) is 8.32 Å². The number of para-hydroxylation sites is 2. The first-order chi connectivity index (χ1) is 11.2. The first kappa shape index (κ1) is 17.3. The lowest BCUT2D eigenvalue weighted by Gasteiger charge is -2.36. The zero-order chi connectivity index (χ0) is 17.5. The topological polar surface area (TPSA) is 22.4 Å². The van der Waals surface area contributed by atoms with E-state index in [1.165, 1.54) is 0 Å². The lowest BCUT2D eigenvalue weighted by molar-refractivity contribution is 0.491. The van der Waals surface area contributed by atoms with Crippen LogP contribution in [-0.4, -0.2) is 8.32 Å². The van der Waals surface area contributed by atoms with Gasteiger partial charge in [0.2, 0.25) is 0 Å². The van der Waals surface area contributed by atoms with Crippen molar-refractivity contribution in [2.24, 2.45) is 0 Å². The van der Waals surface area contributed by atoms with Gasteiger partial charge in [0.05, 0.1) is 10.0 Å². The van der Waals surface area contributed by atoms with Crippen molar-refractivity contribution in [1.82, 2.24) is 0 Å². The molecule has 2 aromatic carbocycles. The van der Waals surface area contributed by atoms with Crippen molar-refractivity contribution in [1.29, 1.82) is 0 Å². The van der Waals surface area contributed by atoms with Gasteiger partial charge in [-0.25, -0.2) is 0 Å². The molecule has 4 heteroatoms. The third-order valence-electron chi connectivity index (χ3n) is 4.84. The highest BCUT2D eigenvalue weighted by molar-refractivity contribution is 9.10. The standard InChI is InChI=1S/C20H23BrO2Si/c1-20(2,3)24(4,5)23-17-13-9-7-11-15(17)19-18(21)14-10-6-8-12-16(14)22-19/h6-13H,1-5H3. The summed E-state index contributed by atoms with van der Waals surface area (Å²) in [4.78, 5) is 0. The van der Waals surface area contributed by atoms with Gasteiger partial charge in [-0.1, -0.05) is 45.0 Å². The summed E-state index contributed by atoms with van der Waals surface area (Å²) in [6, 6.07) is 16.2. The maximum Gasteiger partial charge on any atom is 0.250 e. The maximum atomic E-state index is 6.56. The zero-order valence-electron chi connectivity index (χ0n) is 14.8. The number of hydrogen-bond acceptors (Lipinski definition) is 2. The van der Waals surface area contributed by atoms with Crippen LogP contribution < -0.4 is 4.43 Å². The van der Waals surface area contributed by atoms with E-state index in [0.717, 1.165) is 32.5 Å². The number of hydrogen-bond donors (Lipinski definition) is 0. The zero-order valence-corrected chi connectivity index (χ0v) is 17.4. The van der Waals surface area contributed by atoms with Gasteiger partial charge >= 0.3 is 0 Å². The van der Waals surface area contributed by atoms with Crippen LogP contribution in [0.4, 0.5) is 0 Å². The Morgan fingerprint density at radius 2 is 1.58 bits per heavy atom. The fourth-order valence-electron chi connectivity index (χ4n) is 2.36. The van der Waals surface area contributed by atoms with Crippen LogP contribution in [0.25, 0.3) is 22.3 Å². The number of rotatable bonds is 3.